The predicted molar refractivity (Wildman–Crippen MR) is 127 cm³/mol. The highest BCUT2D eigenvalue weighted by Gasteiger charge is 2.36. The van der Waals surface area contributed by atoms with Crippen molar-refractivity contribution in [1.29, 1.82) is 0 Å². The number of thioether (sulfide) groups is 1. The molecule has 9 heteroatoms. The lowest BCUT2D eigenvalue weighted by molar-refractivity contribution is -0.113. The molecular weight excluding hydrogens is 438 g/mol. The van der Waals surface area contributed by atoms with Crippen molar-refractivity contribution in [3.63, 3.8) is 0 Å². The van der Waals surface area contributed by atoms with Gasteiger partial charge < -0.3 is 19.9 Å². The summed E-state index contributed by atoms with van der Waals surface area (Å²) < 4.78 is 7.36. The molecule has 3 aromatic rings. The maximum Gasteiger partial charge on any atom is 0.255 e. The summed E-state index contributed by atoms with van der Waals surface area (Å²) in [5.74, 6) is 2.27. The molecule has 2 aliphatic carbocycles. The van der Waals surface area contributed by atoms with Crippen LogP contribution in [0.3, 0.4) is 0 Å². The smallest absolute Gasteiger partial charge is 0.255 e. The van der Waals surface area contributed by atoms with Crippen molar-refractivity contribution < 1.29 is 14.3 Å². The molecule has 0 saturated heterocycles. The van der Waals surface area contributed by atoms with E-state index in [4.69, 9.17) is 4.74 Å². The van der Waals surface area contributed by atoms with Gasteiger partial charge in [0.05, 0.1) is 12.9 Å². The Bertz CT molecular complexity index is 1150. The second-order valence-corrected chi connectivity index (χ2v) is 9.26. The molecule has 8 nitrogen and oxygen atoms in total. The molecule has 2 aliphatic rings. The topological polar surface area (TPSA) is 98.1 Å². The van der Waals surface area contributed by atoms with Gasteiger partial charge in [-0.3, -0.25) is 9.59 Å². The number of carbonyl (C=O) groups is 2. The van der Waals surface area contributed by atoms with Crippen LogP contribution in [0, 0.1) is 0 Å². The molecule has 2 fully saturated rings. The van der Waals surface area contributed by atoms with Crippen LogP contribution in [0.4, 0.5) is 11.4 Å². The molecule has 0 radical (unpaired) electrons. The molecule has 0 spiro atoms. The Balaban J connectivity index is 1.14. The van der Waals surface area contributed by atoms with E-state index < -0.39 is 0 Å². The van der Waals surface area contributed by atoms with Gasteiger partial charge in [0.2, 0.25) is 5.91 Å². The summed E-state index contributed by atoms with van der Waals surface area (Å²) in [6.45, 7) is 0. The van der Waals surface area contributed by atoms with Crippen molar-refractivity contribution in [3.8, 4) is 5.75 Å². The molecule has 2 amide bonds. The standard InChI is InChI=1S/C24H25N5O3S/c1-32-20-12-8-18(9-13-20)26-23(31)16-4-6-17(7-5-16)25-21(30)14-33-24-28-27-22(15-2-3-15)29(24)19-10-11-19/h4-9,12-13,15,19H,2-3,10-11,14H2,1H3,(H,25,30)(H,26,31). The van der Waals surface area contributed by atoms with Crippen LogP contribution < -0.4 is 15.4 Å². The van der Waals surface area contributed by atoms with Crippen molar-refractivity contribution in [2.75, 3.05) is 23.5 Å². The average molecular weight is 464 g/mol. The number of hydrogen-bond acceptors (Lipinski definition) is 6. The number of anilines is 2. The van der Waals surface area contributed by atoms with Gasteiger partial charge in [-0.2, -0.15) is 0 Å². The van der Waals surface area contributed by atoms with Crippen molar-refractivity contribution in [3.05, 3.63) is 59.9 Å². The zero-order valence-corrected chi connectivity index (χ0v) is 19.1. The maximum atomic E-state index is 12.5. The van der Waals surface area contributed by atoms with Crippen LogP contribution in [0.15, 0.2) is 53.7 Å². The lowest BCUT2D eigenvalue weighted by atomic mass is 10.2. The van der Waals surface area contributed by atoms with E-state index in [0.29, 0.717) is 28.9 Å². The Hall–Kier alpha value is -3.33. The van der Waals surface area contributed by atoms with E-state index in [1.54, 1.807) is 55.6 Å². The lowest BCUT2D eigenvalue weighted by Gasteiger charge is -2.09. The number of rotatable bonds is 9. The number of aromatic nitrogens is 3. The first-order chi connectivity index (χ1) is 16.1. The maximum absolute atomic E-state index is 12.5. The third-order valence-corrected chi connectivity index (χ3v) is 6.60. The highest BCUT2D eigenvalue weighted by molar-refractivity contribution is 7.99. The predicted octanol–water partition coefficient (Wildman–Crippen LogP) is 4.48. The highest BCUT2D eigenvalue weighted by atomic mass is 32.2. The Morgan fingerprint density at radius 2 is 1.64 bits per heavy atom. The number of benzene rings is 2. The van der Waals surface area contributed by atoms with Crippen LogP contribution >= 0.6 is 11.8 Å². The van der Waals surface area contributed by atoms with E-state index in [1.165, 1.54) is 24.6 Å². The van der Waals surface area contributed by atoms with Gasteiger partial charge in [-0.05, 0) is 74.2 Å². The first kappa shape index (κ1) is 21.5. The molecule has 170 valence electrons. The van der Waals surface area contributed by atoms with Gasteiger partial charge in [0.1, 0.15) is 11.6 Å². The molecule has 2 saturated carbocycles. The molecule has 5 rings (SSSR count). The van der Waals surface area contributed by atoms with Gasteiger partial charge in [0.15, 0.2) is 5.16 Å². The van der Waals surface area contributed by atoms with Crippen molar-refractivity contribution in [2.45, 2.75) is 42.8 Å². The number of carbonyl (C=O) groups excluding carboxylic acids is 2. The molecule has 33 heavy (non-hydrogen) atoms. The van der Waals surface area contributed by atoms with Crippen LogP contribution in [0.1, 0.15) is 53.8 Å². The molecule has 1 aromatic heterocycles. The Morgan fingerprint density at radius 1 is 0.970 bits per heavy atom. The summed E-state index contributed by atoms with van der Waals surface area (Å²) in [5.41, 5.74) is 1.83. The zero-order chi connectivity index (χ0) is 22.8. The minimum atomic E-state index is -0.223. The van der Waals surface area contributed by atoms with Crippen LogP contribution in [0.5, 0.6) is 5.75 Å². The number of hydrogen-bond donors (Lipinski definition) is 2. The summed E-state index contributed by atoms with van der Waals surface area (Å²) in [5, 5.41) is 15.3. The van der Waals surface area contributed by atoms with Gasteiger partial charge in [-0.25, -0.2) is 0 Å². The summed E-state index contributed by atoms with van der Waals surface area (Å²) in [4.78, 5) is 24.9. The van der Waals surface area contributed by atoms with Crippen LogP contribution in [0.25, 0.3) is 0 Å². The largest absolute Gasteiger partial charge is 0.497 e. The van der Waals surface area contributed by atoms with Crippen molar-refractivity contribution in [2.24, 2.45) is 0 Å². The van der Waals surface area contributed by atoms with E-state index in [1.807, 2.05) is 0 Å². The minimum Gasteiger partial charge on any atom is -0.497 e. The highest BCUT2D eigenvalue weighted by Crippen LogP contribution is 2.46. The summed E-state index contributed by atoms with van der Waals surface area (Å²) >= 11 is 1.42. The van der Waals surface area contributed by atoms with Gasteiger partial charge in [-0.1, -0.05) is 11.8 Å². The van der Waals surface area contributed by atoms with Crippen LogP contribution in [-0.4, -0.2) is 39.4 Å². The quantitative estimate of drug-likeness (QED) is 0.454. The Labute approximate surface area is 196 Å². The van der Waals surface area contributed by atoms with Gasteiger partial charge in [-0.15, -0.1) is 10.2 Å². The van der Waals surface area contributed by atoms with Crippen LogP contribution in [-0.2, 0) is 4.79 Å². The van der Waals surface area contributed by atoms with E-state index in [0.717, 1.165) is 29.6 Å². The zero-order valence-electron chi connectivity index (χ0n) is 18.3. The number of amides is 2. The second kappa shape index (κ2) is 9.27. The average Bonchev–Trinajstić information content (AvgIpc) is 3.77. The van der Waals surface area contributed by atoms with Gasteiger partial charge in [0, 0.05) is 28.9 Å². The first-order valence-corrected chi connectivity index (χ1v) is 12.0. The monoisotopic (exact) mass is 463 g/mol. The molecule has 0 aliphatic heterocycles. The summed E-state index contributed by atoms with van der Waals surface area (Å²) in [7, 11) is 1.59. The Kier molecular flexibility index (Phi) is 6.04. The van der Waals surface area contributed by atoms with Crippen molar-refractivity contribution in [1.82, 2.24) is 14.8 Å². The molecule has 2 N–H and O–H groups in total. The number of nitrogens with one attached hydrogen (secondary N) is 2. The summed E-state index contributed by atoms with van der Waals surface area (Å²) in [6.07, 6.45) is 4.69. The van der Waals surface area contributed by atoms with E-state index in [9.17, 15) is 9.59 Å². The number of methoxy groups -OCH3 is 1. The fraction of sp³-hybridized carbons (Fsp3) is 0.333. The fourth-order valence-electron chi connectivity index (χ4n) is 3.59. The fourth-order valence-corrected chi connectivity index (χ4v) is 4.40. The number of ether oxygens (including phenoxy) is 1. The third-order valence-electron chi connectivity index (χ3n) is 5.66. The molecule has 0 bridgehead atoms. The number of nitrogens with zero attached hydrogens (tertiary/aromatic N) is 3. The van der Waals surface area contributed by atoms with E-state index >= 15 is 0 Å². The normalized spacial score (nSPS) is 15.2. The van der Waals surface area contributed by atoms with Gasteiger partial charge in [0.25, 0.3) is 5.91 Å². The second-order valence-electron chi connectivity index (χ2n) is 8.31. The first-order valence-electron chi connectivity index (χ1n) is 11.0. The van der Waals surface area contributed by atoms with Crippen molar-refractivity contribution >= 4 is 35.0 Å². The summed E-state index contributed by atoms with van der Waals surface area (Å²) in [6, 6.07) is 14.4. The SMILES string of the molecule is COc1ccc(NC(=O)c2ccc(NC(=O)CSc3nnc(C4CC4)n3C3CC3)cc2)cc1. The van der Waals surface area contributed by atoms with E-state index in [2.05, 4.69) is 25.4 Å². The Morgan fingerprint density at radius 3 is 2.27 bits per heavy atom. The van der Waals surface area contributed by atoms with Crippen LogP contribution in [0.2, 0.25) is 0 Å². The third kappa shape index (κ3) is 5.19. The van der Waals surface area contributed by atoms with E-state index in [-0.39, 0.29) is 17.6 Å². The molecule has 2 aromatic carbocycles. The lowest BCUT2D eigenvalue weighted by Crippen LogP contribution is -2.15. The molecule has 0 unspecified atom stereocenters. The molecule has 0 atom stereocenters. The minimum absolute atomic E-state index is 0.117. The van der Waals surface area contributed by atoms with Gasteiger partial charge >= 0.3 is 0 Å². The molecule has 1 heterocycles. The molecular formula is C24H25N5O3S.